The third-order valence-electron chi connectivity index (χ3n) is 2.86. The van der Waals surface area contributed by atoms with Gasteiger partial charge < -0.3 is 9.84 Å². The van der Waals surface area contributed by atoms with Crippen molar-refractivity contribution in [3.8, 4) is 17.6 Å². The molecule has 2 aromatic carbocycles. The standard InChI is InChI=1S/C16H14BrNO2/c1-11(19)15-7-6-14(10-16(15)17)20-13-4-2-12(3-5-13)8-9-18/h2-7,10-11,19H,8H2,1H3/t11-/m0/s1. The predicted octanol–water partition coefficient (Wildman–Crippen LogP) is 4.36. The number of hydrogen-bond acceptors (Lipinski definition) is 3. The third-order valence-corrected chi connectivity index (χ3v) is 3.55. The summed E-state index contributed by atoms with van der Waals surface area (Å²) >= 11 is 3.42. The molecule has 2 aromatic rings. The Labute approximate surface area is 126 Å². The lowest BCUT2D eigenvalue weighted by Crippen LogP contribution is -1.93. The predicted molar refractivity (Wildman–Crippen MR) is 80.6 cm³/mol. The molecule has 0 aliphatic heterocycles. The minimum atomic E-state index is -0.524. The number of nitriles is 1. The van der Waals surface area contributed by atoms with Gasteiger partial charge in [-0.05, 0) is 42.3 Å². The molecular weight excluding hydrogens is 318 g/mol. The Morgan fingerprint density at radius 1 is 1.20 bits per heavy atom. The fourth-order valence-electron chi connectivity index (χ4n) is 1.81. The molecule has 0 heterocycles. The van der Waals surface area contributed by atoms with Crippen molar-refractivity contribution in [3.05, 3.63) is 58.1 Å². The van der Waals surface area contributed by atoms with Crippen LogP contribution in [0.3, 0.4) is 0 Å². The maximum atomic E-state index is 9.57. The SMILES string of the molecule is C[C@H](O)c1ccc(Oc2ccc(CC#N)cc2)cc1Br. The second-order valence-electron chi connectivity index (χ2n) is 4.44. The Hall–Kier alpha value is -1.83. The number of hydrogen-bond donors (Lipinski definition) is 1. The zero-order valence-electron chi connectivity index (χ0n) is 11.0. The van der Waals surface area contributed by atoms with E-state index < -0.39 is 6.10 Å². The normalized spacial score (nSPS) is 11.7. The number of aliphatic hydroxyl groups is 1. The molecule has 0 saturated carbocycles. The highest BCUT2D eigenvalue weighted by Crippen LogP contribution is 2.30. The van der Waals surface area contributed by atoms with Crippen LogP contribution in [0.25, 0.3) is 0 Å². The van der Waals surface area contributed by atoms with E-state index in [2.05, 4.69) is 22.0 Å². The molecule has 0 radical (unpaired) electrons. The molecule has 0 bridgehead atoms. The van der Waals surface area contributed by atoms with Crippen LogP contribution in [0.15, 0.2) is 46.9 Å². The largest absolute Gasteiger partial charge is 0.457 e. The molecule has 3 nitrogen and oxygen atoms in total. The fourth-order valence-corrected chi connectivity index (χ4v) is 2.50. The summed E-state index contributed by atoms with van der Waals surface area (Å²) in [6.45, 7) is 1.72. The van der Waals surface area contributed by atoms with Gasteiger partial charge in [0.1, 0.15) is 11.5 Å². The molecule has 0 aliphatic rings. The van der Waals surface area contributed by atoms with E-state index >= 15 is 0 Å². The van der Waals surface area contributed by atoms with Gasteiger partial charge in [-0.2, -0.15) is 5.26 Å². The van der Waals surface area contributed by atoms with Crippen molar-refractivity contribution in [1.29, 1.82) is 5.26 Å². The van der Waals surface area contributed by atoms with Gasteiger partial charge in [0, 0.05) is 4.47 Å². The lowest BCUT2D eigenvalue weighted by molar-refractivity contribution is 0.198. The molecule has 0 unspecified atom stereocenters. The van der Waals surface area contributed by atoms with Crippen LogP contribution in [0.4, 0.5) is 0 Å². The molecule has 102 valence electrons. The molecule has 0 aliphatic carbocycles. The summed E-state index contributed by atoms with van der Waals surface area (Å²) in [6, 6.07) is 15.0. The molecule has 4 heteroatoms. The highest BCUT2D eigenvalue weighted by molar-refractivity contribution is 9.10. The Balaban J connectivity index is 2.14. The van der Waals surface area contributed by atoms with E-state index in [0.717, 1.165) is 15.6 Å². The van der Waals surface area contributed by atoms with Crippen LogP contribution in [0.2, 0.25) is 0 Å². The first kappa shape index (κ1) is 14.6. The van der Waals surface area contributed by atoms with Crippen LogP contribution in [-0.2, 0) is 6.42 Å². The van der Waals surface area contributed by atoms with Gasteiger partial charge in [0.15, 0.2) is 0 Å². The average Bonchev–Trinajstić information content (AvgIpc) is 2.41. The number of aliphatic hydroxyl groups excluding tert-OH is 1. The first-order valence-corrected chi connectivity index (χ1v) is 7.00. The number of benzene rings is 2. The van der Waals surface area contributed by atoms with Crippen molar-refractivity contribution in [1.82, 2.24) is 0 Å². The van der Waals surface area contributed by atoms with Gasteiger partial charge >= 0.3 is 0 Å². The van der Waals surface area contributed by atoms with Gasteiger partial charge in [-0.3, -0.25) is 0 Å². The van der Waals surface area contributed by atoms with Gasteiger partial charge in [-0.15, -0.1) is 0 Å². The molecule has 2 rings (SSSR count). The Kier molecular flexibility index (Phi) is 4.78. The number of ether oxygens (including phenoxy) is 1. The third kappa shape index (κ3) is 3.60. The first-order valence-electron chi connectivity index (χ1n) is 6.21. The summed E-state index contributed by atoms with van der Waals surface area (Å²) in [7, 11) is 0. The highest BCUT2D eigenvalue weighted by atomic mass is 79.9. The fraction of sp³-hybridized carbons (Fsp3) is 0.188. The highest BCUT2D eigenvalue weighted by Gasteiger charge is 2.07. The van der Waals surface area contributed by atoms with E-state index in [0.29, 0.717) is 17.9 Å². The Bertz CT molecular complexity index is 630. The molecule has 0 saturated heterocycles. The summed E-state index contributed by atoms with van der Waals surface area (Å²) < 4.78 is 6.54. The van der Waals surface area contributed by atoms with E-state index in [9.17, 15) is 5.11 Å². The lowest BCUT2D eigenvalue weighted by Gasteiger charge is -2.11. The number of nitrogens with zero attached hydrogens (tertiary/aromatic N) is 1. The van der Waals surface area contributed by atoms with Crippen LogP contribution >= 0.6 is 15.9 Å². The van der Waals surface area contributed by atoms with E-state index in [1.54, 1.807) is 6.92 Å². The van der Waals surface area contributed by atoms with Crippen LogP contribution in [0.1, 0.15) is 24.2 Å². The summed E-state index contributed by atoms with van der Waals surface area (Å²) in [5.41, 5.74) is 1.78. The summed E-state index contributed by atoms with van der Waals surface area (Å²) in [6.07, 6.45) is -0.127. The molecular formula is C16H14BrNO2. The van der Waals surface area contributed by atoms with Gasteiger partial charge in [-0.25, -0.2) is 0 Å². The van der Waals surface area contributed by atoms with Crippen LogP contribution in [-0.4, -0.2) is 5.11 Å². The summed E-state index contributed by atoms with van der Waals surface area (Å²) in [4.78, 5) is 0. The van der Waals surface area contributed by atoms with Gasteiger partial charge in [0.05, 0.1) is 18.6 Å². The van der Waals surface area contributed by atoms with E-state index in [1.807, 2.05) is 42.5 Å². The number of rotatable bonds is 4. The van der Waals surface area contributed by atoms with E-state index in [-0.39, 0.29) is 0 Å². The Morgan fingerprint density at radius 2 is 1.85 bits per heavy atom. The van der Waals surface area contributed by atoms with Crippen LogP contribution in [0, 0.1) is 11.3 Å². The van der Waals surface area contributed by atoms with Gasteiger partial charge in [0.25, 0.3) is 0 Å². The zero-order chi connectivity index (χ0) is 14.5. The molecule has 1 atom stereocenters. The quantitative estimate of drug-likeness (QED) is 0.905. The number of halogens is 1. The van der Waals surface area contributed by atoms with Crippen molar-refractivity contribution in [3.63, 3.8) is 0 Å². The molecule has 20 heavy (non-hydrogen) atoms. The van der Waals surface area contributed by atoms with Crippen LogP contribution in [0.5, 0.6) is 11.5 Å². The smallest absolute Gasteiger partial charge is 0.128 e. The molecule has 0 aromatic heterocycles. The van der Waals surface area contributed by atoms with Crippen LogP contribution < -0.4 is 4.74 Å². The van der Waals surface area contributed by atoms with Crippen molar-refractivity contribution in [2.24, 2.45) is 0 Å². The molecule has 0 amide bonds. The van der Waals surface area contributed by atoms with Crippen molar-refractivity contribution in [2.45, 2.75) is 19.4 Å². The molecule has 0 spiro atoms. The maximum Gasteiger partial charge on any atom is 0.128 e. The minimum absolute atomic E-state index is 0.398. The summed E-state index contributed by atoms with van der Waals surface area (Å²) in [5.74, 6) is 1.40. The first-order chi connectivity index (χ1) is 9.60. The second kappa shape index (κ2) is 6.56. The van der Waals surface area contributed by atoms with E-state index in [1.165, 1.54) is 0 Å². The maximum absolute atomic E-state index is 9.57. The van der Waals surface area contributed by atoms with Crippen molar-refractivity contribution < 1.29 is 9.84 Å². The molecule has 0 fully saturated rings. The van der Waals surface area contributed by atoms with Gasteiger partial charge in [-0.1, -0.05) is 34.1 Å². The summed E-state index contributed by atoms with van der Waals surface area (Å²) in [5, 5.41) is 18.2. The molecule has 1 N–H and O–H groups in total. The second-order valence-corrected chi connectivity index (χ2v) is 5.29. The minimum Gasteiger partial charge on any atom is -0.457 e. The Morgan fingerprint density at radius 3 is 2.40 bits per heavy atom. The van der Waals surface area contributed by atoms with E-state index in [4.69, 9.17) is 10.00 Å². The zero-order valence-corrected chi connectivity index (χ0v) is 12.6. The van der Waals surface area contributed by atoms with Gasteiger partial charge in [0.2, 0.25) is 0 Å². The monoisotopic (exact) mass is 331 g/mol. The topological polar surface area (TPSA) is 53.2 Å². The van der Waals surface area contributed by atoms with Crippen molar-refractivity contribution >= 4 is 15.9 Å². The average molecular weight is 332 g/mol. The van der Waals surface area contributed by atoms with Crippen molar-refractivity contribution in [2.75, 3.05) is 0 Å². The lowest BCUT2D eigenvalue weighted by atomic mass is 10.1.